The van der Waals surface area contributed by atoms with Crippen molar-refractivity contribution in [3.8, 4) is 0 Å². The van der Waals surface area contributed by atoms with Crippen LogP contribution in [-0.4, -0.2) is 31.7 Å². The van der Waals surface area contributed by atoms with Crippen LogP contribution in [-0.2, 0) is 21.2 Å². The summed E-state index contributed by atoms with van der Waals surface area (Å²) in [5.41, 5.74) is 1.53. The Morgan fingerprint density at radius 2 is 1.56 bits per heavy atom. The van der Waals surface area contributed by atoms with Crippen LogP contribution in [0.1, 0.15) is 24.8 Å². The number of carbonyl (C=O) groups excluding carboxylic acids is 1. The molecule has 1 aliphatic rings. The van der Waals surface area contributed by atoms with Gasteiger partial charge >= 0.3 is 0 Å². The second-order valence-corrected chi connectivity index (χ2v) is 8.14. The van der Waals surface area contributed by atoms with E-state index >= 15 is 0 Å². The molecule has 0 aliphatic carbocycles. The Morgan fingerprint density at radius 3 is 2.20 bits per heavy atom. The van der Waals surface area contributed by atoms with E-state index in [1.807, 2.05) is 30.3 Å². The van der Waals surface area contributed by atoms with Gasteiger partial charge in [-0.3, -0.25) is 4.79 Å². The fourth-order valence-electron chi connectivity index (χ4n) is 2.95. The Labute approximate surface area is 148 Å². The smallest absolute Gasteiger partial charge is 0.243 e. The molecule has 0 bridgehead atoms. The monoisotopic (exact) mass is 358 g/mol. The molecule has 1 saturated heterocycles. The fraction of sp³-hybridized carbons (Fsp3) is 0.316. The van der Waals surface area contributed by atoms with Crippen molar-refractivity contribution in [2.75, 3.05) is 18.4 Å². The second-order valence-electron chi connectivity index (χ2n) is 6.20. The quantitative estimate of drug-likeness (QED) is 0.893. The topological polar surface area (TPSA) is 66.5 Å². The zero-order valence-corrected chi connectivity index (χ0v) is 14.8. The van der Waals surface area contributed by atoms with Gasteiger partial charge in [-0.15, -0.1) is 0 Å². The van der Waals surface area contributed by atoms with Gasteiger partial charge in [0.2, 0.25) is 15.9 Å². The van der Waals surface area contributed by atoms with Crippen LogP contribution in [0.15, 0.2) is 59.5 Å². The number of nitrogens with one attached hydrogen (secondary N) is 1. The van der Waals surface area contributed by atoms with Gasteiger partial charge in [-0.25, -0.2) is 8.42 Å². The van der Waals surface area contributed by atoms with Gasteiger partial charge in [-0.2, -0.15) is 4.31 Å². The van der Waals surface area contributed by atoms with E-state index in [2.05, 4.69) is 5.32 Å². The van der Waals surface area contributed by atoms with Gasteiger partial charge in [0.05, 0.1) is 11.3 Å². The van der Waals surface area contributed by atoms with E-state index in [-0.39, 0.29) is 12.3 Å². The van der Waals surface area contributed by atoms with Crippen molar-refractivity contribution in [1.82, 2.24) is 4.31 Å². The summed E-state index contributed by atoms with van der Waals surface area (Å²) in [6.45, 7) is 1.17. The average molecular weight is 358 g/mol. The standard InChI is InChI=1S/C19H22N2O3S/c22-19(20-17-7-3-1-4-8-17)15-16-9-11-18(12-10-16)25(23,24)21-13-5-2-6-14-21/h1,3-4,7-12H,2,5-6,13-15H2,(H,20,22). The number of hydrogen-bond donors (Lipinski definition) is 1. The molecule has 5 nitrogen and oxygen atoms in total. The maximum absolute atomic E-state index is 12.6. The van der Waals surface area contributed by atoms with Crippen LogP contribution in [0.4, 0.5) is 5.69 Å². The summed E-state index contributed by atoms with van der Waals surface area (Å²) in [5, 5.41) is 2.82. The zero-order chi connectivity index (χ0) is 17.7. The number of sulfonamides is 1. The fourth-order valence-corrected chi connectivity index (χ4v) is 4.46. The van der Waals surface area contributed by atoms with Crippen LogP contribution < -0.4 is 5.32 Å². The number of para-hydroxylation sites is 1. The van der Waals surface area contributed by atoms with Crippen molar-refractivity contribution in [1.29, 1.82) is 0 Å². The maximum Gasteiger partial charge on any atom is 0.243 e. The molecule has 0 saturated carbocycles. The first kappa shape index (κ1) is 17.6. The molecule has 0 atom stereocenters. The van der Waals surface area contributed by atoms with Gasteiger partial charge in [0.25, 0.3) is 0 Å². The molecule has 0 radical (unpaired) electrons. The molecule has 2 aromatic rings. The maximum atomic E-state index is 12.6. The number of amides is 1. The van der Waals surface area contributed by atoms with Crippen LogP contribution in [0.2, 0.25) is 0 Å². The summed E-state index contributed by atoms with van der Waals surface area (Å²) in [5.74, 6) is -0.127. The van der Waals surface area contributed by atoms with Crippen molar-refractivity contribution < 1.29 is 13.2 Å². The van der Waals surface area contributed by atoms with Gasteiger partial charge in [0.1, 0.15) is 0 Å². The van der Waals surface area contributed by atoms with Crippen LogP contribution in [0, 0.1) is 0 Å². The molecule has 0 aromatic heterocycles. The van der Waals surface area contributed by atoms with E-state index in [0.717, 1.165) is 30.5 Å². The van der Waals surface area contributed by atoms with Crippen LogP contribution in [0.5, 0.6) is 0 Å². The van der Waals surface area contributed by atoms with E-state index in [4.69, 9.17) is 0 Å². The predicted octanol–water partition coefficient (Wildman–Crippen LogP) is 3.04. The highest BCUT2D eigenvalue weighted by Crippen LogP contribution is 2.21. The highest BCUT2D eigenvalue weighted by molar-refractivity contribution is 7.89. The lowest BCUT2D eigenvalue weighted by atomic mass is 10.1. The summed E-state index contributed by atoms with van der Waals surface area (Å²) in [6.07, 6.45) is 3.12. The third-order valence-electron chi connectivity index (χ3n) is 4.30. The number of nitrogens with zero attached hydrogens (tertiary/aromatic N) is 1. The Morgan fingerprint density at radius 1 is 0.920 bits per heavy atom. The van der Waals surface area contributed by atoms with E-state index in [1.54, 1.807) is 28.6 Å². The highest BCUT2D eigenvalue weighted by atomic mass is 32.2. The molecule has 25 heavy (non-hydrogen) atoms. The molecule has 1 aliphatic heterocycles. The zero-order valence-electron chi connectivity index (χ0n) is 14.0. The summed E-state index contributed by atoms with van der Waals surface area (Å²) in [4.78, 5) is 12.4. The molecular formula is C19H22N2O3S. The molecule has 1 fully saturated rings. The second kappa shape index (κ2) is 7.80. The number of anilines is 1. The summed E-state index contributed by atoms with van der Waals surface area (Å²) < 4.78 is 26.8. The SMILES string of the molecule is O=C(Cc1ccc(S(=O)(=O)N2CCCCC2)cc1)Nc1ccccc1. The number of rotatable bonds is 5. The lowest BCUT2D eigenvalue weighted by Crippen LogP contribution is -2.35. The summed E-state index contributed by atoms with van der Waals surface area (Å²) in [6, 6.07) is 15.9. The van der Waals surface area contributed by atoms with Crippen LogP contribution in [0.3, 0.4) is 0 Å². The molecule has 132 valence electrons. The van der Waals surface area contributed by atoms with Crippen molar-refractivity contribution in [3.63, 3.8) is 0 Å². The number of benzene rings is 2. The molecule has 1 heterocycles. The third kappa shape index (κ3) is 4.46. The molecule has 1 N–H and O–H groups in total. The van der Waals surface area contributed by atoms with Gasteiger partial charge in [0.15, 0.2) is 0 Å². The first-order valence-electron chi connectivity index (χ1n) is 8.50. The summed E-state index contributed by atoms with van der Waals surface area (Å²) >= 11 is 0. The predicted molar refractivity (Wildman–Crippen MR) is 97.8 cm³/mol. The van der Waals surface area contributed by atoms with E-state index in [9.17, 15) is 13.2 Å². The lowest BCUT2D eigenvalue weighted by molar-refractivity contribution is -0.115. The Balaban J connectivity index is 1.64. The molecular weight excluding hydrogens is 336 g/mol. The third-order valence-corrected chi connectivity index (χ3v) is 6.21. The van der Waals surface area contributed by atoms with Gasteiger partial charge in [0, 0.05) is 18.8 Å². The van der Waals surface area contributed by atoms with Crippen molar-refractivity contribution in [3.05, 3.63) is 60.2 Å². The molecule has 1 amide bonds. The van der Waals surface area contributed by atoms with Gasteiger partial charge in [-0.1, -0.05) is 36.8 Å². The molecule has 6 heteroatoms. The Kier molecular flexibility index (Phi) is 5.50. The molecule has 0 unspecified atom stereocenters. The lowest BCUT2D eigenvalue weighted by Gasteiger charge is -2.25. The minimum absolute atomic E-state index is 0.127. The minimum Gasteiger partial charge on any atom is -0.326 e. The van der Waals surface area contributed by atoms with E-state index in [0.29, 0.717) is 18.0 Å². The van der Waals surface area contributed by atoms with E-state index < -0.39 is 10.0 Å². The summed E-state index contributed by atoms with van der Waals surface area (Å²) in [7, 11) is -3.42. The molecule has 0 spiro atoms. The Hall–Kier alpha value is -2.18. The molecule has 2 aromatic carbocycles. The average Bonchev–Trinajstić information content (AvgIpc) is 2.63. The van der Waals surface area contributed by atoms with Gasteiger partial charge in [-0.05, 0) is 42.7 Å². The van der Waals surface area contributed by atoms with Crippen molar-refractivity contribution in [2.45, 2.75) is 30.6 Å². The highest BCUT2D eigenvalue weighted by Gasteiger charge is 2.25. The normalized spacial score (nSPS) is 15.7. The minimum atomic E-state index is -3.42. The number of piperidine rings is 1. The number of carbonyl (C=O) groups is 1. The first-order chi connectivity index (χ1) is 12.1. The Bertz CT molecular complexity index is 812. The van der Waals surface area contributed by atoms with Crippen molar-refractivity contribution >= 4 is 21.6 Å². The first-order valence-corrected chi connectivity index (χ1v) is 9.94. The van der Waals surface area contributed by atoms with Crippen LogP contribution >= 0.6 is 0 Å². The van der Waals surface area contributed by atoms with E-state index in [1.165, 1.54) is 0 Å². The van der Waals surface area contributed by atoms with Crippen molar-refractivity contribution in [2.24, 2.45) is 0 Å². The molecule has 3 rings (SSSR count). The van der Waals surface area contributed by atoms with Crippen LogP contribution in [0.25, 0.3) is 0 Å². The number of hydrogen-bond acceptors (Lipinski definition) is 3. The largest absolute Gasteiger partial charge is 0.326 e. The van der Waals surface area contributed by atoms with Gasteiger partial charge < -0.3 is 5.32 Å².